The molecule has 0 heterocycles. The number of hydrogen-bond acceptors (Lipinski definition) is 5. The molecular weight excluding hydrogens is 436 g/mol. The summed E-state index contributed by atoms with van der Waals surface area (Å²) in [5.74, 6) is -3.52. The molecule has 0 bridgehead atoms. The highest BCUT2D eigenvalue weighted by Crippen LogP contribution is 1.97. The number of hydrogen-bond donors (Lipinski definition) is 5. The van der Waals surface area contributed by atoms with Gasteiger partial charge in [0.2, 0.25) is 0 Å². The third kappa shape index (κ3) is 93.2. The standard InChI is InChI=1S/C6H12O2.2C5H10O2.C4H8O2.C3H6O2/c1-2-3-4-5-6(7)8;2*1-2-3-4-5(6)7;1-2-3-4(5)6;1-2-3(4)5/h2-5H2,1H3,(H,7,8);2*2-4H2,1H3,(H,6,7);2-3H2,1H3,(H,5,6);2H2,1H3,(H,4,5). The highest BCUT2D eigenvalue weighted by molar-refractivity contribution is 5.67. The van der Waals surface area contributed by atoms with E-state index >= 15 is 0 Å². The lowest BCUT2D eigenvalue weighted by Crippen LogP contribution is -1.92. The first-order chi connectivity index (χ1) is 15.4. The number of unbranched alkanes of at least 4 members (excludes halogenated alkanes) is 4. The largest absolute Gasteiger partial charge is 0.481 e. The van der Waals surface area contributed by atoms with E-state index in [2.05, 4.69) is 6.92 Å². The molecule has 198 valence electrons. The molecule has 0 radical (unpaired) electrons. The summed E-state index contributed by atoms with van der Waals surface area (Å²) in [5, 5.41) is 39.9. The Morgan fingerprint density at radius 2 is 0.667 bits per heavy atom. The number of carboxylic acid groups (broad SMARTS) is 5. The Labute approximate surface area is 198 Å². The van der Waals surface area contributed by atoms with Crippen LogP contribution in [0, 0.1) is 0 Å². The van der Waals surface area contributed by atoms with Crippen molar-refractivity contribution in [2.75, 3.05) is 0 Å². The maximum absolute atomic E-state index is 9.87. The molecule has 33 heavy (non-hydrogen) atoms. The van der Waals surface area contributed by atoms with Crippen LogP contribution in [0.25, 0.3) is 0 Å². The van der Waals surface area contributed by atoms with E-state index < -0.39 is 29.8 Å². The monoisotopic (exact) mass is 482 g/mol. The maximum atomic E-state index is 9.87. The molecule has 0 saturated heterocycles. The third-order valence-electron chi connectivity index (χ3n) is 3.25. The molecule has 0 rings (SSSR count). The van der Waals surface area contributed by atoms with E-state index in [1.807, 2.05) is 20.8 Å². The van der Waals surface area contributed by atoms with Gasteiger partial charge in [-0.3, -0.25) is 24.0 Å². The second kappa shape index (κ2) is 36.7. The Bertz CT molecular complexity index is 458. The Balaban J connectivity index is -0.0000000998. The number of carboxylic acids is 5. The van der Waals surface area contributed by atoms with Gasteiger partial charge in [0, 0.05) is 32.1 Å². The molecule has 10 heteroatoms. The molecule has 10 nitrogen and oxygen atoms in total. The van der Waals surface area contributed by atoms with Gasteiger partial charge in [-0.2, -0.15) is 0 Å². The van der Waals surface area contributed by atoms with Crippen molar-refractivity contribution >= 4 is 29.8 Å². The van der Waals surface area contributed by atoms with Crippen molar-refractivity contribution in [3.8, 4) is 0 Å². The van der Waals surface area contributed by atoms with Gasteiger partial charge in [0.25, 0.3) is 0 Å². The van der Waals surface area contributed by atoms with Gasteiger partial charge in [0.15, 0.2) is 0 Å². The predicted molar refractivity (Wildman–Crippen MR) is 127 cm³/mol. The SMILES string of the molecule is CCC(=O)O.CCCC(=O)O.CCCCC(=O)O.CCCCC(=O)O.CCCCCC(=O)O. The van der Waals surface area contributed by atoms with Crippen LogP contribution in [0.3, 0.4) is 0 Å². The minimum atomic E-state index is -0.745. The summed E-state index contributed by atoms with van der Waals surface area (Å²) in [6.45, 7) is 9.45. The van der Waals surface area contributed by atoms with Crippen LogP contribution in [0.2, 0.25) is 0 Å². The van der Waals surface area contributed by atoms with E-state index in [1.165, 1.54) is 0 Å². The van der Waals surface area contributed by atoms with Crippen LogP contribution < -0.4 is 0 Å². The van der Waals surface area contributed by atoms with Gasteiger partial charge < -0.3 is 25.5 Å². The highest BCUT2D eigenvalue weighted by Gasteiger charge is 1.93. The molecule has 0 fully saturated rings. The van der Waals surface area contributed by atoms with Crippen LogP contribution in [-0.2, 0) is 24.0 Å². The first-order valence-corrected chi connectivity index (χ1v) is 11.4. The topological polar surface area (TPSA) is 186 Å². The molecule has 5 N–H and O–H groups in total. The van der Waals surface area contributed by atoms with E-state index in [-0.39, 0.29) is 6.42 Å². The average Bonchev–Trinajstić information content (AvgIpc) is 2.72. The summed E-state index contributed by atoms with van der Waals surface area (Å²) in [6.07, 6.45) is 8.69. The Hall–Kier alpha value is -2.65. The van der Waals surface area contributed by atoms with Crippen molar-refractivity contribution < 1.29 is 49.5 Å². The van der Waals surface area contributed by atoms with Gasteiger partial charge in [-0.15, -0.1) is 0 Å². The number of aliphatic carboxylic acids is 5. The van der Waals surface area contributed by atoms with Crippen LogP contribution in [0.1, 0.15) is 118 Å². The van der Waals surface area contributed by atoms with E-state index in [0.717, 1.165) is 51.4 Å². The Morgan fingerprint density at radius 3 is 0.788 bits per heavy atom. The molecule has 0 saturated carbocycles. The quantitative estimate of drug-likeness (QED) is 0.209. The second-order valence-electron chi connectivity index (χ2n) is 6.74. The normalized spacial score (nSPS) is 8.52. The predicted octanol–water partition coefficient (Wildman–Crippen LogP) is 5.53. The third-order valence-corrected chi connectivity index (χ3v) is 3.25. The Morgan fingerprint density at radius 1 is 0.394 bits per heavy atom. The van der Waals surface area contributed by atoms with E-state index in [1.54, 1.807) is 6.92 Å². The van der Waals surface area contributed by atoms with Crippen molar-refractivity contribution in [3.05, 3.63) is 0 Å². The fourth-order valence-electron chi connectivity index (χ4n) is 1.40. The molecule has 0 aliphatic rings. The highest BCUT2D eigenvalue weighted by atomic mass is 16.4. The molecule has 0 unspecified atom stereocenters. The van der Waals surface area contributed by atoms with Crippen molar-refractivity contribution in [1.29, 1.82) is 0 Å². The second-order valence-corrected chi connectivity index (χ2v) is 6.74. The van der Waals surface area contributed by atoms with E-state index in [4.69, 9.17) is 25.5 Å². The molecule has 0 atom stereocenters. The van der Waals surface area contributed by atoms with Gasteiger partial charge >= 0.3 is 29.8 Å². The van der Waals surface area contributed by atoms with Crippen LogP contribution >= 0.6 is 0 Å². The van der Waals surface area contributed by atoms with Gasteiger partial charge in [-0.25, -0.2) is 0 Å². The van der Waals surface area contributed by atoms with Gasteiger partial charge in [0.05, 0.1) is 0 Å². The first-order valence-electron chi connectivity index (χ1n) is 11.4. The van der Waals surface area contributed by atoms with Crippen LogP contribution in [0.15, 0.2) is 0 Å². The lowest BCUT2D eigenvalue weighted by atomic mass is 10.2. The summed E-state index contributed by atoms with van der Waals surface area (Å²) in [5.41, 5.74) is 0. The maximum Gasteiger partial charge on any atom is 0.303 e. The van der Waals surface area contributed by atoms with Crippen LogP contribution in [0.5, 0.6) is 0 Å². The lowest BCUT2D eigenvalue weighted by molar-refractivity contribution is -0.138. The Kier molecular flexibility index (Phi) is 45.3. The zero-order chi connectivity index (χ0) is 27.1. The molecular formula is C23H46O10. The van der Waals surface area contributed by atoms with E-state index in [9.17, 15) is 24.0 Å². The van der Waals surface area contributed by atoms with Crippen LogP contribution in [0.4, 0.5) is 0 Å². The van der Waals surface area contributed by atoms with Gasteiger partial charge in [-0.05, 0) is 25.7 Å². The molecule has 0 aromatic carbocycles. The minimum Gasteiger partial charge on any atom is -0.481 e. The zero-order valence-electron chi connectivity index (χ0n) is 21.0. The smallest absolute Gasteiger partial charge is 0.303 e. The van der Waals surface area contributed by atoms with E-state index in [0.29, 0.717) is 25.7 Å². The number of rotatable bonds is 13. The zero-order valence-corrected chi connectivity index (χ0v) is 21.0. The average molecular weight is 483 g/mol. The fourth-order valence-corrected chi connectivity index (χ4v) is 1.40. The summed E-state index contributed by atoms with van der Waals surface area (Å²) in [7, 11) is 0. The fraction of sp³-hybridized carbons (Fsp3) is 0.783. The summed E-state index contributed by atoms with van der Waals surface area (Å²) in [4.78, 5) is 48.4. The molecule has 0 aliphatic carbocycles. The van der Waals surface area contributed by atoms with Crippen LogP contribution in [-0.4, -0.2) is 55.4 Å². The summed E-state index contributed by atoms with van der Waals surface area (Å²) in [6, 6.07) is 0. The van der Waals surface area contributed by atoms with Crippen molar-refractivity contribution in [2.45, 2.75) is 118 Å². The molecule has 0 aliphatic heterocycles. The molecule has 0 aromatic heterocycles. The van der Waals surface area contributed by atoms with Crippen molar-refractivity contribution in [3.63, 3.8) is 0 Å². The summed E-state index contributed by atoms with van der Waals surface area (Å²) >= 11 is 0. The van der Waals surface area contributed by atoms with Crippen molar-refractivity contribution in [2.24, 2.45) is 0 Å². The number of carbonyl (C=O) groups is 5. The van der Waals surface area contributed by atoms with Gasteiger partial charge in [-0.1, -0.05) is 60.3 Å². The minimum absolute atomic E-state index is 0.222. The molecule has 0 aromatic rings. The summed E-state index contributed by atoms with van der Waals surface area (Å²) < 4.78 is 0. The molecule has 0 amide bonds. The first kappa shape index (κ1) is 40.7. The molecule has 0 spiro atoms. The van der Waals surface area contributed by atoms with Crippen molar-refractivity contribution in [1.82, 2.24) is 0 Å². The lowest BCUT2D eigenvalue weighted by Gasteiger charge is -1.89. The van der Waals surface area contributed by atoms with Gasteiger partial charge in [0.1, 0.15) is 0 Å².